The smallest absolute Gasteiger partial charge is 0.382 e. The zero-order valence-corrected chi connectivity index (χ0v) is 7.50. The van der Waals surface area contributed by atoms with Gasteiger partial charge >= 0.3 is 5.97 Å². The Bertz CT molecular complexity index is 365. The third-order valence-electron chi connectivity index (χ3n) is 1.08. The quantitative estimate of drug-likeness (QED) is 0.678. The third kappa shape index (κ3) is 2.36. The highest BCUT2D eigenvalue weighted by Crippen LogP contribution is 2.12. The lowest BCUT2D eigenvalue weighted by Gasteiger charge is -1.90. The van der Waals surface area contributed by atoms with Gasteiger partial charge in [-0.3, -0.25) is 4.98 Å². The van der Waals surface area contributed by atoms with Crippen LogP contribution in [0.1, 0.15) is 5.56 Å². The molecule has 0 unspecified atom stereocenters. The van der Waals surface area contributed by atoms with E-state index in [1.807, 2.05) is 5.92 Å². The van der Waals surface area contributed by atoms with Crippen LogP contribution in [0.3, 0.4) is 0 Å². The summed E-state index contributed by atoms with van der Waals surface area (Å²) in [6.45, 7) is 0. The van der Waals surface area contributed by atoms with E-state index in [2.05, 4.69) is 26.8 Å². The van der Waals surface area contributed by atoms with Crippen LogP contribution in [0.5, 0.6) is 0 Å². The van der Waals surface area contributed by atoms with E-state index in [0.717, 1.165) is 0 Å². The fourth-order valence-corrected chi connectivity index (χ4v) is 0.947. The summed E-state index contributed by atoms with van der Waals surface area (Å²) in [4.78, 5) is 13.9. The second kappa shape index (κ2) is 3.88. The van der Waals surface area contributed by atoms with E-state index in [-0.39, 0.29) is 0 Å². The Morgan fingerprint density at radius 3 is 3.00 bits per heavy atom. The van der Waals surface area contributed by atoms with Crippen LogP contribution in [0, 0.1) is 11.8 Å². The van der Waals surface area contributed by atoms with Crippen molar-refractivity contribution >= 4 is 21.9 Å². The Hall–Kier alpha value is -1.34. The average molecular weight is 226 g/mol. The van der Waals surface area contributed by atoms with Crippen molar-refractivity contribution in [3.8, 4) is 11.8 Å². The van der Waals surface area contributed by atoms with E-state index in [4.69, 9.17) is 5.11 Å². The van der Waals surface area contributed by atoms with Crippen molar-refractivity contribution in [1.29, 1.82) is 0 Å². The molecule has 0 atom stereocenters. The molecule has 4 heteroatoms. The van der Waals surface area contributed by atoms with Gasteiger partial charge in [-0.25, -0.2) is 4.79 Å². The molecule has 1 rings (SSSR count). The van der Waals surface area contributed by atoms with Gasteiger partial charge in [0.25, 0.3) is 0 Å². The fraction of sp³-hybridized carbons (Fsp3) is 0. The summed E-state index contributed by atoms with van der Waals surface area (Å²) in [6.07, 6.45) is 3.11. The molecule has 0 bridgehead atoms. The minimum absolute atomic E-state index is 0.618. The Labute approximate surface area is 77.6 Å². The molecule has 3 nitrogen and oxygen atoms in total. The van der Waals surface area contributed by atoms with Gasteiger partial charge in [0.2, 0.25) is 0 Å². The molecule has 1 aromatic heterocycles. The molecule has 12 heavy (non-hydrogen) atoms. The normalized spacial score (nSPS) is 8.42. The van der Waals surface area contributed by atoms with Crippen LogP contribution in [0.2, 0.25) is 0 Å². The maximum atomic E-state index is 10.1. The fourth-order valence-electron chi connectivity index (χ4n) is 0.597. The summed E-state index contributed by atoms with van der Waals surface area (Å²) in [5.74, 6) is 3.35. The zero-order valence-electron chi connectivity index (χ0n) is 5.91. The average Bonchev–Trinajstić information content (AvgIpc) is 2.03. The topological polar surface area (TPSA) is 50.2 Å². The second-order valence-electron chi connectivity index (χ2n) is 1.91. The zero-order chi connectivity index (χ0) is 8.97. The number of hydrogen-bond donors (Lipinski definition) is 1. The number of aromatic nitrogens is 1. The number of halogens is 1. The van der Waals surface area contributed by atoms with Gasteiger partial charge in [0.1, 0.15) is 0 Å². The first-order valence-corrected chi connectivity index (χ1v) is 3.84. The molecule has 0 aromatic carbocycles. The summed E-state index contributed by atoms with van der Waals surface area (Å²) < 4.78 is 0.693. The largest absolute Gasteiger partial charge is 0.472 e. The predicted molar refractivity (Wildman–Crippen MR) is 46.5 cm³/mol. The molecule has 1 heterocycles. The Kier molecular flexibility index (Phi) is 2.83. The van der Waals surface area contributed by atoms with Crippen molar-refractivity contribution in [1.82, 2.24) is 4.98 Å². The highest BCUT2D eigenvalue weighted by molar-refractivity contribution is 9.10. The van der Waals surface area contributed by atoms with Crippen molar-refractivity contribution in [2.24, 2.45) is 0 Å². The lowest BCUT2D eigenvalue weighted by molar-refractivity contribution is -0.130. The SMILES string of the molecule is O=C(O)C#Cc1ccncc1Br. The first-order chi connectivity index (χ1) is 5.70. The van der Waals surface area contributed by atoms with Gasteiger partial charge in [-0.15, -0.1) is 0 Å². The minimum atomic E-state index is -1.14. The van der Waals surface area contributed by atoms with Gasteiger partial charge in [-0.1, -0.05) is 5.92 Å². The second-order valence-corrected chi connectivity index (χ2v) is 2.77. The number of carboxylic acids is 1. The summed E-state index contributed by atoms with van der Waals surface area (Å²) >= 11 is 3.19. The van der Waals surface area contributed by atoms with Crippen LogP contribution >= 0.6 is 15.9 Å². The summed E-state index contributed by atoms with van der Waals surface area (Å²) in [5.41, 5.74) is 0.618. The van der Waals surface area contributed by atoms with Crippen molar-refractivity contribution in [2.45, 2.75) is 0 Å². The molecule has 60 valence electrons. The van der Waals surface area contributed by atoms with Crippen molar-refractivity contribution in [3.63, 3.8) is 0 Å². The lowest BCUT2D eigenvalue weighted by atomic mass is 10.3. The predicted octanol–water partition coefficient (Wildman–Crippen LogP) is 1.28. The Balaban J connectivity index is 2.99. The molecule has 0 saturated carbocycles. The molecule has 0 amide bonds. The van der Waals surface area contributed by atoms with Gasteiger partial charge in [0.15, 0.2) is 0 Å². The van der Waals surface area contributed by atoms with E-state index < -0.39 is 5.97 Å². The first-order valence-electron chi connectivity index (χ1n) is 3.04. The molecule has 1 aromatic rings. The van der Waals surface area contributed by atoms with E-state index in [1.165, 1.54) is 0 Å². The van der Waals surface area contributed by atoms with Crippen molar-refractivity contribution < 1.29 is 9.90 Å². The molecular weight excluding hydrogens is 222 g/mol. The van der Waals surface area contributed by atoms with Crippen LogP contribution in [0.25, 0.3) is 0 Å². The molecule has 0 aliphatic carbocycles. The highest BCUT2D eigenvalue weighted by Gasteiger charge is 1.93. The van der Waals surface area contributed by atoms with E-state index in [0.29, 0.717) is 10.0 Å². The van der Waals surface area contributed by atoms with E-state index >= 15 is 0 Å². The Morgan fingerprint density at radius 2 is 2.42 bits per heavy atom. The number of pyridine rings is 1. The van der Waals surface area contributed by atoms with Crippen LogP contribution in [0.4, 0.5) is 0 Å². The van der Waals surface area contributed by atoms with Crippen molar-refractivity contribution in [2.75, 3.05) is 0 Å². The maximum Gasteiger partial charge on any atom is 0.382 e. The highest BCUT2D eigenvalue weighted by atomic mass is 79.9. The lowest BCUT2D eigenvalue weighted by Crippen LogP contribution is -1.87. The molecule has 0 radical (unpaired) electrons. The van der Waals surface area contributed by atoms with Crippen molar-refractivity contribution in [3.05, 3.63) is 28.5 Å². The van der Waals surface area contributed by atoms with Gasteiger partial charge in [-0.2, -0.15) is 0 Å². The van der Waals surface area contributed by atoms with E-state index in [1.54, 1.807) is 18.5 Å². The minimum Gasteiger partial charge on any atom is -0.472 e. The van der Waals surface area contributed by atoms with Crippen LogP contribution in [-0.4, -0.2) is 16.1 Å². The van der Waals surface area contributed by atoms with Gasteiger partial charge in [0, 0.05) is 23.9 Å². The number of nitrogens with zero attached hydrogens (tertiary/aromatic N) is 1. The van der Waals surface area contributed by atoms with Gasteiger partial charge in [0.05, 0.1) is 4.47 Å². The van der Waals surface area contributed by atoms with E-state index in [9.17, 15) is 4.79 Å². The molecule has 0 aliphatic heterocycles. The Morgan fingerprint density at radius 1 is 1.67 bits per heavy atom. The number of carboxylic acid groups (broad SMARTS) is 1. The number of rotatable bonds is 0. The molecule has 0 saturated heterocycles. The molecule has 0 aliphatic rings. The molecule has 0 fully saturated rings. The standard InChI is InChI=1S/C8H4BrNO2/c9-7-5-10-4-3-6(7)1-2-8(11)12/h3-5H,(H,11,12). The molecule has 0 spiro atoms. The van der Waals surface area contributed by atoms with Crippen LogP contribution < -0.4 is 0 Å². The number of hydrogen-bond acceptors (Lipinski definition) is 2. The summed E-state index contributed by atoms with van der Waals surface area (Å²) in [7, 11) is 0. The number of aliphatic carboxylic acids is 1. The molecule has 1 N–H and O–H groups in total. The monoisotopic (exact) mass is 225 g/mol. The summed E-state index contributed by atoms with van der Waals surface area (Å²) in [6, 6.07) is 1.64. The summed E-state index contributed by atoms with van der Waals surface area (Å²) in [5, 5.41) is 8.26. The maximum absolute atomic E-state index is 10.1. The van der Waals surface area contributed by atoms with Crippen LogP contribution in [-0.2, 0) is 4.79 Å². The third-order valence-corrected chi connectivity index (χ3v) is 1.71. The van der Waals surface area contributed by atoms with Crippen LogP contribution in [0.15, 0.2) is 22.9 Å². The van der Waals surface area contributed by atoms with Gasteiger partial charge < -0.3 is 5.11 Å². The number of carbonyl (C=O) groups is 1. The first kappa shape index (κ1) is 8.75. The van der Waals surface area contributed by atoms with Gasteiger partial charge in [-0.05, 0) is 22.0 Å². The molecular formula is C8H4BrNO2.